The molecule has 30 heavy (non-hydrogen) atoms. The van der Waals surface area contributed by atoms with Crippen LogP contribution in [0.15, 0.2) is 54.6 Å². The fraction of sp³-hybridized carbons (Fsp3) is 0.292. The fourth-order valence-electron chi connectivity index (χ4n) is 3.66. The summed E-state index contributed by atoms with van der Waals surface area (Å²) in [4.78, 5) is 12.3. The average Bonchev–Trinajstić information content (AvgIpc) is 3.02. The van der Waals surface area contributed by atoms with Gasteiger partial charge in [0.05, 0.1) is 6.61 Å². The van der Waals surface area contributed by atoms with E-state index in [9.17, 15) is 4.79 Å². The van der Waals surface area contributed by atoms with Gasteiger partial charge in [0.2, 0.25) is 5.91 Å². The van der Waals surface area contributed by atoms with Crippen LogP contribution in [0.5, 0.6) is 5.75 Å². The van der Waals surface area contributed by atoms with E-state index >= 15 is 0 Å². The van der Waals surface area contributed by atoms with Crippen LogP contribution in [0.3, 0.4) is 0 Å². The molecule has 0 bridgehead atoms. The Morgan fingerprint density at radius 2 is 1.93 bits per heavy atom. The van der Waals surface area contributed by atoms with Gasteiger partial charge in [-0.3, -0.25) is 4.79 Å². The van der Waals surface area contributed by atoms with Crippen LogP contribution in [0.25, 0.3) is 17.5 Å². The second kappa shape index (κ2) is 9.39. The standard InChI is InChI=1S/C24H26N4O2/c1-2-30-21-9-6-5-8-18(21)13-16-23(29)25-20-14-11-19(12-15-20)24-27-26-22-10-4-3-7-17-28(22)24/h5-6,8-9,11-16H,2-4,7,10,17H2,1H3,(H,25,29)/b16-13+. The molecule has 0 saturated carbocycles. The lowest BCUT2D eigenvalue weighted by molar-refractivity contribution is -0.111. The van der Waals surface area contributed by atoms with E-state index in [-0.39, 0.29) is 5.91 Å². The van der Waals surface area contributed by atoms with E-state index in [4.69, 9.17) is 4.74 Å². The van der Waals surface area contributed by atoms with E-state index in [0.717, 1.165) is 53.6 Å². The largest absolute Gasteiger partial charge is 0.493 e. The molecule has 154 valence electrons. The minimum absolute atomic E-state index is 0.189. The molecule has 1 aliphatic rings. The van der Waals surface area contributed by atoms with Gasteiger partial charge < -0.3 is 14.6 Å². The average molecular weight is 402 g/mol. The molecule has 1 amide bonds. The number of aromatic nitrogens is 3. The van der Waals surface area contributed by atoms with Crippen LogP contribution < -0.4 is 10.1 Å². The molecule has 0 saturated heterocycles. The number of nitrogens with zero attached hydrogens (tertiary/aromatic N) is 3. The van der Waals surface area contributed by atoms with E-state index < -0.39 is 0 Å². The Balaban J connectivity index is 1.43. The molecule has 2 heterocycles. The van der Waals surface area contributed by atoms with Gasteiger partial charge >= 0.3 is 0 Å². The van der Waals surface area contributed by atoms with Crippen molar-refractivity contribution in [1.29, 1.82) is 0 Å². The number of benzene rings is 2. The van der Waals surface area contributed by atoms with Crippen LogP contribution in [0.2, 0.25) is 0 Å². The first-order valence-corrected chi connectivity index (χ1v) is 10.5. The van der Waals surface area contributed by atoms with Crippen molar-refractivity contribution < 1.29 is 9.53 Å². The molecular weight excluding hydrogens is 376 g/mol. The lowest BCUT2D eigenvalue weighted by Crippen LogP contribution is -2.08. The quantitative estimate of drug-likeness (QED) is 0.606. The van der Waals surface area contributed by atoms with Crippen molar-refractivity contribution in [3.05, 3.63) is 66.0 Å². The number of hydrogen-bond donors (Lipinski definition) is 1. The molecule has 3 aromatic rings. The summed E-state index contributed by atoms with van der Waals surface area (Å²) >= 11 is 0. The molecule has 1 aromatic heterocycles. The van der Waals surface area contributed by atoms with Gasteiger partial charge in [0.1, 0.15) is 11.6 Å². The summed E-state index contributed by atoms with van der Waals surface area (Å²) in [6.07, 6.45) is 7.83. The lowest BCUT2D eigenvalue weighted by atomic mass is 10.1. The molecule has 0 radical (unpaired) electrons. The maximum absolute atomic E-state index is 12.3. The van der Waals surface area contributed by atoms with Crippen molar-refractivity contribution in [2.24, 2.45) is 0 Å². The van der Waals surface area contributed by atoms with Crippen molar-refractivity contribution in [2.75, 3.05) is 11.9 Å². The molecule has 0 aliphatic carbocycles. The highest BCUT2D eigenvalue weighted by Crippen LogP contribution is 2.24. The molecule has 6 nitrogen and oxygen atoms in total. The van der Waals surface area contributed by atoms with Crippen molar-refractivity contribution in [3.63, 3.8) is 0 Å². The first-order valence-electron chi connectivity index (χ1n) is 10.5. The van der Waals surface area contributed by atoms with Crippen LogP contribution in [0, 0.1) is 0 Å². The third-order valence-electron chi connectivity index (χ3n) is 5.15. The van der Waals surface area contributed by atoms with Crippen LogP contribution in [0.4, 0.5) is 5.69 Å². The van der Waals surface area contributed by atoms with E-state index in [1.165, 1.54) is 18.9 Å². The Bertz CT molecular complexity index is 1040. The van der Waals surface area contributed by atoms with Gasteiger partial charge in [-0.15, -0.1) is 10.2 Å². The monoisotopic (exact) mass is 402 g/mol. The molecule has 2 aromatic carbocycles. The van der Waals surface area contributed by atoms with E-state index in [2.05, 4.69) is 20.1 Å². The van der Waals surface area contributed by atoms with Crippen LogP contribution >= 0.6 is 0 Å². The summed E-state index contributed by atoms with van der Waals surface area (Å²) in [7, 11) is 0. The van der Waals surface area contributed by atoms with Crippen molar-refractivity contribution >= 4 is 17.7 Å². The Morgan fingerprint density at radius 1 is 1.10 bits per heavy atom. The van der Waals surface area contributed by atoms with Crippen LogP contribution in [-0.4, -0.2) is 27.3 Å². The lowest BCUT2D eigenvalue weighted by Gasteiger charge is -2.08. The van der Waals surface area contributed by atoms with E-state index in [1.807, 2.05) is 55.5 Å². The van der Waals surface area contributed by atoms with Gasteiger partial charge in [0, 0.05) is 35.9 Å². The Labute approximate surface area is 176 Å². The number of hydrogen-bond acceptors (Lipinski definition) is 4. The van der Waals surface area contributed by atoms with E-state index in [0.29, 0.717) is 6.61 Å². The number of rotatable bonds is 6. The molecule has 0 unspecified atom stereocenters. The second-order valence-electron chi connectivity index (χ2n) is 7.27. The maximum atomic E-state index is 12.3. The molecule has 1 N–H and O–H groups in total. The molecule has 4 rings (SSSR count). The van der Waals surface area contributed by atoms with Crippen LogP contribution in [-0.2, 0) is 17.8 Å². The summed E-state index contributed by atoms with van der Waals surface area (Å²) in [5.74, 6) is 2.54. The molecule has 0 atom stereocenters. The normalized spacial score (nSPS) is 13.6. The summed E-state index contributed by atoms with van der Waals surface area (Å²) in [6.45, 7) is 3.48. The number of carbonyl (C=O) groups excluding carboxylic acids is 1. The second-order valence-corrected chi connectivity index (χ2v) is 7.27. The minimum Gasteiger partial charge on any atom is -0.493 e. The molecular formula is C24H26N4O2. The first-order chi connectivity index (χ1) is 14.7. The number of fused-ring (bicyclic) bond motifs is 1. The highest BCUT2D eigenvalue weighted by Gasteiger charge is 2.15. The number of aryl methyl sites for hydroxylation is 1. The predicted octanol–water partition coefficient (Wildman–Crippen LogP) is 4.72. The number of para-hydroxylation sites is 1. The zero-order chi connectivity index (χ0) is 20.8. The smallest absolute Gasteiger partial charge is 0.248 e. The number of ether oxygens (including phenoxy) is 1. The van der Waals surface area contributed by atoms with Gasteiger partial charge in [-0.05, 0) is 56.2 Å². The summed E-state index contributed by atoms with van der Waals surface area (Å²) in [6, 6.07) is 15.4. The topological polar surface area (TPSA) is 69.0 Å². The Hall–Kier alpha value is -3.41. The minimum atomic E-state index is -0.189. The van der Waals surface area contributed by atoms with Crippen molar-refractivity contribution in [3.8, 4) is 17.1 Å². The summed E-state index contributed by atoms with van der Waals surface area (Å²) < 4.78 is 7.81. The third kappa shape index (κ3) is 4.59. The number of amides is 1. The van der Waals surface area contributed by atoms with Crippen molar-refractivity contribution in [1.82, 2.24) is 14.8 Å². The van der Waals surface area contributed by atoms with Gasteiger partial charge in [-0.2, -0.15) is 0 Å². The van der Waals surface area contributed by atoms with E-state index in [1.54, 1.807) is 6.08 Å². The SMILES string of the molecule is CCOc1ccccc1/C=C/C(=O)Nc1ccc(-c2nnc3n2CCCCC3)cc1. The van der Waals surface area contributed by atoms with Gasteiger partial charge in [-0.1, -0.05) is 24.6 Å². The number of carbonyl (C=O) groups is 1. The highest BCUT2D eigenvalue weighted by molar-refractivity contribution is 6.02. The Kier molecular flexibility index (Phi) is 6.23. The highest BCUT2D eigenvalue weighted by atomic mass is 16.5. The number of nitrogens with one attached hydrogen (secondary N) is 1. The fourth-order valence-corrected chi connectivity index (χ4v) is 3.66. The molecule has 0 spiro atoms. The summed E-state index contributed by atoms with van der Waals surface area (Å²) in [5.41, 5.74) is 2.62. The molecule has 6 heteroatoms. The predicted molar refractivity (Wildman–Crippen MR) is 118 cm³/mol. The zero-order valence-corrected chi connectivity index (χ0v) is 17.2. The van der Waals surface area contributed by atoms with Gasteiger partial charge in [0.15, 0.2) is 5.82 Å². The Morgan fingerprint density at radius 3 is 2.77 bits per heavy atom. The molecule has 1 aliphatic heterocycles. The third-order valence-corrected chi connectivity index (χ3v) is 5.15. The first kappa shape index (κ1) is 19.9. The molecule has 0 fully saturated rings. The zero-order valence-electron chi connectivity index (χ0n) is 17.2. The maximum Gasteiger partial charge on any atom is 0.248 e. The van der Waals surface area contributed by atoms with Gasteiger partial charge in [-0.25, -0.2) is 0 Å². The number of anilines is 1. The van der Waals surface area contributed by atoms with Gasteiger partial charge in [0.25, 0.3) is 0 Å². The summed E-state index contributed by atoms with van der Waals surface area (Å²) in [5, 5.41) is 11.6. The van der Waals surface area contributed by atoms with Crippen molar-refractivity contribution in [2.45, 2.75) is 39.2 Å². The van der Waals surface area contributed by atoms with Crippen LogP contribution in [0.1, 0.15) is 37.6 Å².